The van der Waals surface area contributed by atoms with E-state index in [-0.39, 0.29) is 17.0 Å². The lowest BCUT2D eigenvalue weighted by Gasteiger charge is -2.35. The molecule has 0 radical (unpaired) electrons. The van der Waals surface area contributed by atoms with Crippen LogP contribution in [-0.4, -0.2) is 18.1 Å². The van der Waals surface area contributed by atoms with Crippen LogP contribution in [0.25, 0.3) is 0 Å². The van der Waals surface area contributed by atoms with Crippen LogP contribution in [0.15, 0.2) is 24.3 Å². The molecule has 0 bridgehead atoms. The van der Waals surface area contributed by atoms with Gasteiger partial charge in [-0.05, 0) is 60.8 Å². The lowest BCUT2D eigenvalue weighted by atomic mass is 9.81. The topological polar surface area (TPSA) is 52.3 Å². The van der Waals surface area contributed by atoms with Crippen LogP contribution in [0.3, 0.4) is 0 Å². The van der Waals surface area contributed by atoms with Gasteiger partial charge in [-0.25, -0.2) is 4.79 Å². The van der Waals surface area contributed by atoms with Crippen LogP contribution >= 0.6 is 0 Å². The fourth-order valence-electron chi connectivity index (χ4n) is 3.54. The van der Waals surface area contributed by atoms with Crippen molar-refractivity contribution < 1.29 is 9.53 Å². The highest BCUT2D eigenvalue weighted by atomic mass is 16.6. The molecular weight excluding hydrogens is 310 g/mol. The Bertz CT molecular complexity index is 536. The molecule has 0 fully saturated rings. The average molecular weight is 348 g/mol. The van der Waals surface area contributed by atoms with Crippen LogP contribution < -0.4 is 5.73 Å². The molecule has 0 aromatic heterocycles. The quantitative estimate of drug-likeness (QED) is 0.628. The molecule has 1 rings (SSSR count). The number of hydrogen-bond donors (Lipinski definition) is 1. The van der Waals surface area contributed by atoms with Crippen molar-refractivity contribution in [3.63, 3.8) is 0 Å². The normalized spacial score (nSPS) is 13.8. The minimum Gasteiger partial charge on any atom is -0.455 e. The fourth-order valence-corrected chi connectivity index (χ4v) is 3.54. The summed E-state index contributed by atoms with van der Waals surface area (Å²) >= 11 is 0. The Balaban J connectivity index is 2.93. The third kappa shape index (κ3) is 5.85. The summed E-state index contributed by atoms with van der Waals surface area (Å²) in [6.07, 6.45) is 2.67. The Morgan fingerprint density at radius 2 is 1.60 bits per heavy atom. The lowest BCUT2D eigenvalue weighted by molar-refractivity contribution is -0.0485. The number of ether oxygens (including phenoxy) is 1. The van der Waals surface area contributed by atoms with Gasteiger partial charge in [0, 0.05) is 0 Å². The second-order valence-electron chi connectivity index (χ2n) is 8.64. The predicted octanol–water partition coefficient (Wildman–Crippen LogP) is 5.54. The molecule has 2 N–H and O–H groups in total. The zero-order chi connectivity index (χ0) is 19.3. The van der Waals surface area contributed by atoms with Crippen molar-refractivity contribution in [2.45, 2.75) is 79.2 Å². The number of benzene rings is 1. The minimum absolute atomic E-state index is 0.223. The van der Waals surface area contributed by atoms with Gasteiger partial charge in [-0.1, -0.05) is 60.6 Å². The summed E-state index contributed by atoms with van der Waals surface area (Å²) in [5.74, 6) is 0.370. The zero-order valence-electron chi connectivity index (χ0n) is 17.2. The predicted molar refractivity (Wildman–Crippen MR) is 106 cm³/mol. The highest BCUT2D eigenvalue weighted by Crippen LogP contribution is 2.32. The summed E-state index contributed by atoms with van der Waals surface area (Å²) in [5, 5.41) is 0. The van der Waals surface area contributed by atoms with Gasteiger partial charge in [-0.2, -0.15) is 0 Å². The molecular formula is C22H37NO2. The molecule has 1 atom stereocenters. The molecule has 3 heteroatoms. The number of carbonyl (C=O) groups is 1. The number of nitrogens with two attached hydrogens (primary N) is 1. The zero-order valence-corrected chi connectivity index (χ0v) is 17.2. The molecule has 0 heterocycles. The van der Waals surface area contributed by atoms with Crippen LogP contribution in [0.2, 0.25) is 0 Å². The molecule has 25 heavy (non-hydrogen) atoms. The largest absolute Gasteiger partial charge is 0.455 e. The molecule has 0 spiro atoms. The van der Waals surface area contributed by atoms with Crippen LogP contribution in [0, 0.1) is 11.3 Å². The highest BCUT2D eigenvalue weighted by Gasteiger charge is 2.34. The second kappa shape index (κ2) is 8.84. The summed E-state index contributed by atoms with van der Waals surface area (Å²) in [4.78, 5) is 12.6. The van der Waals surface area contributed by atoms with Crippen LogP contribution in [-0.2, 0) is 4.74 Å². The first-order chi connectivity index (χ1) is 11.6. The molecule has 1 aromatic rings. The van der Waals surface area contributed by atoms with Crippen molar-refractivity contribution in [2.75, 3.05) is 6.54 Å². The highest BCUT2D eigenvalue weighted by molar-refractivity contribution is 5.89. The van der Waals surface area contributed by atoms with Crippen molar-refractivity contribution in [1.29, 1.82) is 0 Å². The van der Waals surface area contributed by atoms with E-state index >= 15 is 0 Å². The Labute approximate surface area is 154 Å². The number of esters is 1. The van der Waals surface area contributed by atoms with Gasteiger partial charge in [0.1, 0.15) is 5.60 Å². The van der Waals surface area contributed by atoms with E-state index in [9.17, 15) is 4.79 Å². The summed E-state index contributed by atoms with van der Waals surface area (Å²) in [6, 6.07) is 7.79. The van der Waals surface area contributed by atoms with E-state index < -0.39 is 0 Å². The number of hydrogen-bond acceptors (Lipinski definition) is 3. The average Bonchev–Trinajstić information content (AvgIpc) is 2.56. The van der Waals surface area contributed by atoms with E-state index in [0.29, 0.717) is 23.9 Å². The van der Waals surface area contributed by atoms with E-state index in [2.05, 4.69) is 48.5 Å². The van der Waals surface area contributed by atoms with E-state index in [1.54, 1.807) is 0 Å². The van der Waals surface area contributed by atoms with E-state index in [1.807, 2.05) is 24.3 Å². The van der Waals surface area contributed by atoms with Gasteiger partial charge in [0.25, 0.3) is 0 Å². The Hall–Kier alpha value is -1.35. The van der Waals surface area contributed by atoms with E-state index in [0.717, 1.165) is 19.3 Å². The second-order valence-corrected chi connectivity index (χ2v) is 8.64. The Morgan fingerprint density at radius 3 is 1.96 bits per heavy atom. The third-order valence-corrected chi connectivity index (χ3v) is 5.31. The third-order valence-electron chi connectivity index (χ3n) is 5.31. The van der Waals surface area contributed by atoms with Gasteiger partial charge in [-0.15, -0.1) is 0 Å². The van der Waals surface area contributed by atoms with Crippen molar-refractivity contribution in [3.05, 3.63) is 35.4 Å². The molecule has 0 saturated heterocycles. The van der Waals surface area contributed by atoms with Crippen molar-refractivity contribution in [2.24, 2.45) is 17.1 Å². The van der Waals surface area contributed by atoms with Crippen molar-refractivity contribution in [1.82, 2.24) is 0 Å². The first kappa shape index (κ1) is 21.7. The van der Waals surface area contributed by atoms with Gasteiger partial charge in [-0.3, -0.25) is 0 Å². The summed E-state index contributed by atoms with van der Waals surface area (Å²) in [7, 11) is 0. The molecule has 0 saturated carbocycles. The molecule has 142 valence electrons. The lowest BCUT2D eigenvalue weighted by Crippen LogP contribution is -2.39. The first-order valence-electron chi connectivity index (χ1n) is 9.62. The maximum absolute atomic E-state index is 12.6. The monoisotopic (exact) mass is 347 g/mol. The summed E-state index contributed by atoms with van der Waals surface area (Å²) in [6.45, 7) is 15.7. The minimum atomic E-state index is -0.387. The van der Waals surface area contributed by atoms with Crippen molar-refractivity contribution in [3.8, 4) is 0 Å². The number of rotatable bonds is 8. The van der Waals surface area contributed by atoms with Gasteiger partial charge < -0.3 is 10.5 Å². The molecule has 3 nitrogen and oxygen atoms in total. The van der Waals surface area contributed by atoms with Gasteiger partial charge in [0.05, 0.1) is 5.56 Å². The first-order valence-corrected chi connectivity index (χ1v) is 9.62. The Kier molecular flexibility index (Phi) is 7.67. The maximum Gasteiger partial charge on any atom is 0.338 e. The van der Waals surface area contributed by atoms with Gasteiger partial charge in [0.15, 0.2) is 0 Å². The van der Waals surface area contributed by atoms with Crippen LogP contribution in [0.4, 0.5) is 0 Å². The fraction of sp³-hybridized carbons (Fsp3) is 0.682. The molecule has 0 aliphatic rings. The maximum atomic E-state index is 12.6. The SMILES string of the molecule is CCC(CC)(OC(=O)c1ccc(C(CN)CC(C)(C)C)cc1)C(C)C. The molecule has 0 aliphatic heterocycles. The molecule has 0 aliphatic carbocycles. The molecule has 0 amide bonds. The number of carbonyl (C=O) groups excluding carboxylic acids is 1. The van der Waals surface area contributed by atoms with E-state index in [1.165, 1.54) is 5.56 Å². The van der Waals surface area contributed by atoms with Gasteiger partial charge in [0.2, 0.25) is 0 Å². The van der Waals surface area contributed by atoms with E-state index in [4.69, 9.17) is 10.5 Å². The van der Waals surface area contributed by atoms with Crippen LogP contribution in [0.1, 0.15) is 89.6 Å². The molecule has 1 unspecified atom stereocenters. The smallest absolute Gasteiger partial charge is 0.338 e. The molecule has 1 aromatic carbocycles. The summed E-state index contributed by atoms with van der Waals surface area (Å²) in [5.41, 5.74) is 7.61. The van der Waals surface area contributed by atoms with Crippen LogP contribution in [0.5, 0.6) is 0 Å². The Morgan fingerprint density at radius 1 is 1.08 bits per heavy atom. The van der Waals surface area contributed by atoms with Crippen molar-refractivity contribution >= 4 is 5.97 Å². The van der Waals surface area contributed by atoms with Gasteiger partial charge >= 0.3 is 5.97 Å². The standard InChI is InChI=1S/C22H37NO2/c1-8-22(9-2,16(3)4)25-20(24)18-12-10-17(11-13-18)19(15-23)14-21(5,6)7/h10-13,16,19H,8-9,14-15,23H2,1-7H3. The summed E-state index contributed by atoms with van der Waals surface area (Å²) < 4.78 is 5.93.